The van der Waals surface area contributed by atoms with Crippen LogP contribution in [0.3, 0.4) is 0 Å². The molecule has 0 aromatic rings. The Morgan fingerprint density at radius 3 is 0.644 bits per heavy atom. The number of ether oxygens (including phenoxy) is 9. The highest BCUT2D eigenvalue weighted by Gasteiger charge is 1.94. The van der Waals surface area contributed by atoms with Crippen LogP contribution in [0, 0.1) is 0 Å². The predicted molar refractivity (Wildman–Crippen MR) is 184 cm³/mol. The summed E-state index contributed by atoms with van der Waals surface area (Å²) in [6, 6.07) is 0. The van der Waals surface area contributed by atoms with Crippen molar-refractivity contribution in [1.29, 1.82) is 0 Å². The molecule has 0 unspecified atom stereocenters. The van der Waals surface area contributed by atoms with E-state index in [0.717, 1.165) is 0 Å². The molecule has 0 aromatic heterocycles. The maximum absolute atomic E-state index is 8.48. The molecule has 0 aromatic carbocycles. The fraction of sp³-hybridized carbons (Fsp3) is 0.857. The van der Waals surface area contributed by atoms with E-state index in [0.29, 0.717) is 119 Å². The molecule has 13 nitrogen and oxygen atoms in total. The van der Waals surface area contributed by atoms with Gasteiger partial charge in [0.15, 0.2) is 0 Å². The van der Waals surface area contributed by atoms with Crippen molar-refractivity contribution in [2.24, 2.45) is 0 Å². The van der Waals surface area contributed by atoms with Gasteiger partial charge in [-0.1, -0.05) is 55.3 Å². The van der Waals surface area contributed by atoms with Crippen molar-refractivity contribution in [3.63, 3.8) is 0 Å². The van der Waals surface area contributed by atoms with Gasteiger partial charge in [-0.25, -0.2) is 0 Å². The van der Waals surface area contributed by atoms with E-state index in [2.05, 4.69) is 23.0 Å². The lowest BCUT2D eigenvalue weighted by atomic mass is 10.7. The highest BCUT2D eigenvalue weighted by atomic mass is 33.1. The van der Waals surface area contributed by atoms with Crippen molar-refractivity contribution in [3.8, 4) is 0 Å². The standard InChI is InChI=1S/C14H30O8.C8H18O5.2C3H4S2/c15-1-3-17-5-7-19-9-11-21-13-14-22-12-10-20-8-6-18-4-2-16;9-1-3-11-5-7-13-8-6-12-4-2-10;2*1-2-4-5-3-1/h15-16H,1-14H2;9-10H,1-8H2;2*1-2H,3H2. The zero-order valence-corrected chi connectivity index (χ0v) is 29.6. The monoisotopic (exact) mass is 728 g/mol. The fourth-order valence-corrected chi connectivity index (χ4v) is 5.54. The van der Waals surface area contributed by atoms with Gasteiger partial charge in [0.25, 0.3) is 0 Å². The number of rotatable bonds is 29. The lowest BCUT2D eigenvalue weighted by Crippen LogP contribution is -2.14. The average Bonchev–Trinajstić information content (AvgIpc) is 3.84. The van der Waals surface area contributed by atoms with Crippen molar-refractivity contribution in [2.75, 3.05) is 157 Å². The van der Waals surface area contributed by atoms with Gasteiger partial charge in [-0.2, -0.15) is 0 Å². The van der Waals surface area contributed by atoms with Crippen molar-refractivity contribution in [1.82, 2.24) is 0 Å². The molecule has 2 rings (SSSR count). The average molecular weight is 729 g/mol. The van der Waals surface area contributed by atoms with Crippen LogP contribution in [-0.4, -0.2) is 177 Å². The Morgan fingerprint density at radius 2 is 0.533 bits per heavy atom. The van der Waals surface area contributed by atoms with Crippen molar-refractivity contribution in [3.05, 3.63) is 23.0 Å². The molecule has 0 aliphatic carbocycles. The molecule has 0 fully saturated rings. The van der Waals surface area contributed by atoms with E-state index in [9.17, 15) is 0 Å². The van der Waals surface area contributed by atoms with Crippen molar-refractivity contribution in [2.45, 2.75) is 0 Å². The topological polar surface area (TPSA) is 164 Å². The molecular formula is C28H56O13S4. The molecular weight excluding hydrogens is 673 g/mol. The molecule has 0 spiro atoms. The molecule has 4 N–H and O–H groups in total. The molecule has 0 radical (unpaired) electrons. The van der Waals surface area contributed by atoms with Crippen LogP contribution in [0.5, 0.6) is 0 Å². The summed E-state index contributed by atoms with van der Waals surface area (Å²) in [6.45, 7) is 8.57. The number of hydrogen-bond acceptors (Lipinski definition) is 17. The summed E-state index contributed by atoms with van der Waals surface area (Å²) in [5.41, 5.74) is 0. The van der Waals surface area contributed by atoms with E-state index in [-0.39, 0.29) is 26.4 Å². The van der Waals surface area contributed by atoms with Crippen LogP contribution in [0.2, 0.25) is 0 Å². The molecule has 0 saturated carbocycles. The Morgan fingerprint density at radius 1 is 0.333 bits per heavy atom. The van der Waals surface area contributed by atoms with Crippen LogP contribution >= 0.6 is 43.2 Å². The van der Waals surface area contributed by atoms with E-state index in [1.54, 1.807) is 0 Å². The van der Waals surface area contributed by atoms with Crippen LogP contribution < -0.4 is 0 Å². The molecule has 0 saturated heterocycles. The molecule has 2 aliphatic rings. The second kappa shape index (κ2) is 48.8. The van der Waals surface area contributed by atoms with E-state index < -0.39 is 0 Å². The summed E-state index contributed by atoms with van der Waals surface area (Å²) in [7, 11) is 7.38. The lowest BCUT2D eigenvalue weighted by Gasteiger charge is -2.07. The number of hydrogen-bond donors (Lipinski definition) is 4. The van der Waals surface area contributed by atoms with Gasteiger partial charge in [-0.3, -0.25) is 0 Å². The van der Waals surface area contributed by atoms with Gasteiger partial charge in [0.1, 0.15) is 0 Å². The molecule has 45 heavy (non-hydrogen) atoms. The molecule has 2 heterocycles. The quantitative estimate of drug-likeness (QED) is 0.0652. The van der Waals surface area contributed by atoms with Gasteiger partial charge in [0.05, 0.1) is 145 Å². The van der Waals surface area contributed by atoms with Gasteiger partial charge >= 0.3 is 0 Å². The third-order valence-electron chi connectivity index (χ3n) is 4.31. The van der Waals surface area contributed by atoms with Crippen LogP contribution in [0.15, 0.2) is 23.0 Å². The molecule has 0 atom stereocenters. The fourth-order valence-electron chi connectivity index (χ4n) is 2.39. The SMILES string of the molecule is C1=CSSC1.C1=CSSC1.OCCOCCOCCOCCO.OCCOCCOCCOCCOCCOCCOCCO. The second-order valence-corrected chi connectivity index (χ2v) is 12.5. The summed E-state index contributed by atoms with van der Waals surface area (Å²) in [6.07, 6.45) is 4.32. The van der Waals surface area contributed by atoms with Gasteiger partial charge in [0, 0.05) is 11.5 Å². The van der Waals surface area contributed by atoms with E-state index in [1.165, 1.54) is 11.5 Å². The van der Waals surface area contributed by atoms with Crippen molar-refractivity contribution >= 4 is 43.2 Å². The first-order valence-corrected chi connectivity index (χ1v) is 19.6. The Labute approximate surface area is 285 Å². The molecule has 2 aliphatic heterocycles. The predicted octanol–water partition coefficient (Wildman–Crippen LogP) is 1.88. The highest BCUT2D eigenvalue weighted by Crippen LogP contribution is 2.28. The number of aliphatic hydroxyl groups excluding tert-OH is 4. The van der Waals surface area contributed by atoms with Gasteiger partial charge in [0.2, 0.25) is 0 Å². The van der Waals surface area contributed by atoms with Crippen LogP contribution in [0.25, 0.3) is 0 Å². The van der Waals surface area contributed by atoms with E-state index in [4.69, 9.17) is 63.1 Å². The van der Waals surface area contributed by atoms with Crippen LogP contribution in [0.4, 0.5) is 0 Å². The van der Waals surface area contributed by atoms with Crippen LogP contribution in [-0.2, 0) is 42.6 Å². The first kappa shape index (κ1) is 47.5. The van der Waals surface area contributed by atoms with Crippen molar-refractivity contribution < 1.29 is 63.1 Å². The third kappa shape index (κ3) is 51.4. The van der Waals surface area contributed by atoms with E-state index >= 15 is 0 Å². The summed E-state index contributed by atoms with van der Waals surface area (Å²) in [4.78, 5) is 0. The maximum atomic E-state index is 8.48. The molecule has 17 heteroatoms. The highest BCUT2D eigenvalue weighted by molar-refractivity contribution is 8.78. The Bertz CT molecular complexity index is 513. The minimum atomic E-state index is 0.0334. The van der Waals surface area contributed by atoms with Crippen LogP contribution in [0.1, 0.15) is 0 Å². The Balaban J connectivity index is 0. The summed E-state index contributed by atoms with van der Waals surface area (Å²) in [5.74, 6) is 2.40. The molecule has 0 bridgehead atoms. The lowest BCUT2D eigenvalue weighted by molar-refractivity contribution is -0.0194. The Kier molecular flexibility index (Phi) is 51.4. The molecule has 270 valence electrons. The van der Waals surface area contributed by atoms with Gasteiger partial charge in [-0.05, 0) is 10.8 Å². The maximum Gasteiger partial charge on any atom is 0.0701 e. The third-order valence-corrected chi connectivity index (χ3v) is 8.15. The molecule has 0 amide bonds. The zero-order chi connectivity index (χ0) is 33.0. The smallest absolute Gasteiger partial charge is 0.0701 e. The van der Waals surface area contributed by atoms with Gasteiger partial charge in [-0.15, -0.1) is 0 Å². The summed E-state index contributed by atoms with van der Waals surface area (Å²) in [5, 5.41) is 37.9. The first-order chi connectivity index (χ1) is 22.3. The minimum Gasteiger partial charge on any atom is -0.394 e. The minimum absolute atomic E-state index is 0.0334. The second-order valence-electron chi connectivity index (χ2n) is 7.91. The summed E-state index contributed by atoms with van der Waals surface area (Å²) >= 11 is 0. The normalized spacial score (nSPS) is 13.2. The van der Waals surface area contributed by atoms with Gasteiger partial charge < -0.3 is 63.1 Å². The Hall–Kier alpha value is 0.360. The summed E-state index contributed by atoms with van der Waals surface area (Å²) < 4.78 is 46.3. The largest absolute Gasteiger partial charge is 0.394 e. The van der Waals surface area contributed by atoms with E-state index in [1.807, 2.05) is 43.2 Å². The number of aliphatic hydroxyl groups is 4. The first-order valence-electron chi connectivity index (χ1n) is 14.8. The zero-order valence-electron chi connectivity index (χ0n) is 26.4.